The molecule has 0 atom stereocenters. The summed E-state index contributed by atoms with van der Waals surface area (Å²) in [6, 6.07) is 9.58. The molecule has 1 saturated heterocycles. The van der Waals surface area contributed by atoms with Gasteiger partial charge in [0.1, 0.15) is 0 Å². The van der Waals surface area contributed by atoms with Crippen LogP contribution in [-0.2, 0) is 0 Å². The molecule has 0 unspecified atom stereocenters. The van der Waals surface area contributed by atoms with Crippen LogP contribution in [0.25, 0.3) is 0 Å². The number of piperidine rings is 1. The number of hydrogen-bond acceptors (Lipinski definition) is 3. The Labute approximate surface area is 96.0 Å². The van der Waals surface area contributed by atoms with E-state index in [1.807, 2.05) is 30.5 Å². The van der Waals surface area contributed by atoms with Crippen LogP contribution in [0.15, 0.2) is 29.4 Å². The van der Waals surface area contributed by atoms with Gasteiger partial charge in [-0.05, 0) is 37.0 Å². The fraction of sp³-hybridized carbons (Fsp3) is 0.385. The van der Waals surface area contributed by atoms with Crippen molar-refractivity contribution in [3.05, 3.63) is 35.4 Å². The highest BCUT2D eigenvalue weighted by atomic mass is 15.4. The summed E-state index contributed by atoms with van der Waals surface area (Å²) in [6.45, 7) is 2.12. The van der Waals surface area contributed by atoms with Crippen LogP contribution in [-0.4, -0.2) is 24.3 Å². The molecule has 0 N–H and O–H groups in total. The van der Waals surface area contributed by atoms with Gasteiger partial charge in [0.15, 0.2) is 0 Å². The number of benzene rings is 1. The lowest BCUT2D eigenvalue weighted by atomic mass is 10.1. The second kappa shape index (κ2) is 5.32. The van der Waals surface area contributed by atoms with Gasteiger partial charge in [0.05, 0.1) is 17.8 Å². The van der Waals surface area contributed by atoms with Gasteiger partial charge in [-0.3, -0.25) is 5.01 Å². The van der Waals surface area contributed by atoms with Gasteiger partial charge in [-0.2, -0.15) is 10.4 Å². The van der Waals surface area contributed by atoms with Gasteiger partial charge in [-0.1, -0.05) is 12.1 Å². The lowest BCUT2D eigenvalue weighted by molar-refractivity contribution is 0.240. The Bertz CT molecular complexity index is 394. The van der Waals surface area contributed by atoms with Crippen molar-refractivity contribution >= 4 is 6.21 Å². The quantitative estimate of drug-likeness (QED) is 0.707. The van der Waals surface area contributed by atoms with E-state index in [9.17, 15) is 0 Å². The summed E-state index contributed by atoms with van der Waals surface area (Å²) >= 11 is 0. The Kier molecular flexibility index (Phi) is 3.55. The zero-order valence-corrected chi connectivity index (χ0v) is 9.26. The second-order valence-corrected chi connectivity index (χ2v) is 3.99. The molecular weight excluding hydrogens is 198 g/mol. The molecule has 0 amide bonds. The number of nitriles is 1. The number of hydrazone groups is 1. The molecule has 1 aliphatic rings. The van der Waals surface area contributed by atoms with Gasteiger partial charge in [-0.25, -0.2) is 0 Å². The van der Waals surface area contributed by atoms with Crippen molar-refractivity contribution in [1.82, 2.24) is 5.01 Å². The van der Waals surface area contributed by atoms with Crippen LogP contribution in [0.3, 0.4) is 0 Å². The summed E-state index contributed by atoms with van der Waals surface area (Å²) in [6.07, 6.45) is 5.67. The maximum atomic E-state index is 8.67. The Morgan fingerprint density at radius 3 is 2.44 bits per heavy atom. The zero-order valence-electron chi connectivity index (χ0n) is 9.26. The van der Waals surface area contributed by atoms with Crippen LogP contribution < -0.4 is 0 Å². The normalized spacial score (nSPS) is 16.3. The van der Waals surface area contributed by atoms with E-state index >= 15 is 0 Å². The van der Waals surface area contributed by atoms with Gasteiger partial charge in [-0.15, -0.1) is 0 Å². The van der Waals surface area contributed by atoms with E-state index in [0.29, 0.717) is 5.56 Å². The van der Waals surface area contributed by atoms with Crippen molar-refractivity contribution in [2.24, 2.45) is 5.10 Å². The fourth-order valence-electron chi connectivity index (χ4n) is 1.78. The summed E-state index contributed by atoms with van der Waals surface area (Å²) in [4.78, 5) is 0. The van der Waals surface area contributed by atoms with E-state index in [2.05, 4.69) is 16.2 Å². The number of rotatable bonds is 2. The van der Waals surface area contributed by atoms with Gasteiger partial charge < -0.3 is 0 Å². The summed E-state index contributed by atoms with van der Waals surface area (Å²) in [7, 11) is 0. The molecule has 16 heavy (non-hydrogen) atoms. The molecule has 0 spiro atoms. The Hall–Kier alpha value is -1.82. The molecule has 3 heteroatoms. The highest BCUT2D eigenvalue weighted by Crippen LogP contribution is 2.09. The van der Waals surface area contributed by atoms with Crippen molar-refractivity contribution < 1.29 is 0 Å². The minimum Gasteiger partial charge on any atom is -0.297 e. The molecule has 1 aromatic carbocycles. The van der Waals surface area contributed by atoms with E-state index in [1.54, 1.807) is 0 Å². The molecule has 1 heterocycles. The maximum Gasteiger partial charge on any atom is 0.0991 e. The first-order chi connectivity index (χ1) is 7.88. The topological polar surface area (TPSA) is 39.4 Å². The third-order valence-electron chi connectivity index (χ3n) is 2.74. The Morgan fingerprint density at radius 2 is 1.81 bits per heavy atom. The van der Waals surface area contributed by atoms with Gasteiger partial charge in [0, 0.05) is 13.1 Å². The third kappa shape index (κ3) is 2.83. The van der Waals surface area contributed by atoms with Crippen LogP contribution in [0, 0.1) is 11.3 Å². The zero-order chi connectivity index (χ0) is 11.2. The van der Waals surface area contributed by atoms with Crippen molar-refractivity contribution in [3.8, 4) is 6.07 Å². The third-order valence-corrected chi connectivity index (χ3v) is 2.74. The lowest BCUT2D eigenvalue weighted by Crippen LogP contribution is -2.24. The Balaban J connectivity index is 1.97. The van der Waals surface area contributed by atoms with Crippen LogP contribution in [0.1, 0.15) is 30.4 Å². The molecule has 0 radical (unpaired) electrons. The highest BCUT2D eigenvalue weighted by molar-refractivity contribution is 5.79. The van der Waals surface area contributed by atoms with Crippen LogP contribution in [0.2, 0.25) is 0 Å². The van der Waals surface area contributed by atoms with Crippen LogP contribution >= 0.6 is 0 Å². The molecular formula is C13H15N3. The standard InChI is InChI=1S/C13H15N3/c14-10-12-4-6-13(7-5-12)11-15-16-8-2-1-3-9-16/h4-7,11H,1-3,8-9H2. The van der Waals surface area contributed by atoms with Crippen molar-refractivity contribution in [2.75, 3.05) is 13.1 Å². The van der Waals surface area contributed by atoms with Gasteiger partial charge in [0.2, 0.25) is 0 Å². The lowest BCUT2D eigenvalue weighted by Gasteiger charge is -2.23. The monoisotopic (exact) mass is 213 g/mol. The van der Waals surface area contributed by atoms with Crippen molar-refractivity contribution in [1.29, 1.82) is 5.26 Å². The molecule has 0 saturated carbocycles. The van der Waals surface area contributed by atoms with Gasteiger partial charge >= 0.3 is 0 Å². The molecule has 2 rings (SSSR count). The first-order valence-electron chi connectivity index (χ1n) is 5.67. The minimum absolute atomic E-state index is 0.690. The largest absolute Gasteiger partial charge is 0.297 e. The van der Waals surface area contributed by atoms with E-state index in [4.69, 9.17) is 5.26 Å². The molecule has 0 bridgehead atoms. The van der Waals surface area contributed by atoms with E-state index in [0.717, 1.165) is 18.7 Å². The molecule has 1 fully saturated rings. The minimum atomic E-state index is 0.690. The highest BCUT2D eigenvalue weighted by Gasteiger charge is 2.05. The van der Waals surface area contributed by atoms with Crippen molar-refractivity contribution in [3.63, 3.8) is 0 Å². The predicted octanol–water partition coefficient (Wildman–Crippen LogP) is 2.38. The van der Waals surface area contributed by atoms with E-state index < -0.39 is 0 Å². The number of nitrogens with zero attached hydrogens (tertiary/aromatic N) is 3. The van der Waals surface area contributed by atoms with Crippen molar-refractivity contribution in [2.45, 2.75) is 19.3 Å². The van der Waals surface area contributed by atoms with E-state index in [-0.39, 0.29) is 0 Å². The molecule has 1 aromatic rings. The van der Waals surface area contributed by atoms with Crippen LogP contribution in [0.4, 0.5) is 0 Å². The van der Waals surface area contributed by atoms with Crippen LogP contribution in [0.5, 0.6) is 0 Å². The number of hydrogen-bond donors (Lipinski definition) is 0. The summed E-state index contributed by atoms with van der Waals surface area (Å²) in [5.74, 6) is 0. The SMILES string of the molecule is N#Cc1ccc(C=NN2CCCCC2)cc1. The molecule has 82 valence electrons. The second-order valence-electron chi connectivity index (χ2n) is 3.99. The van der Waals surface area contributed by atoms with Gasteiger partial charge in [0.25, 0.3) is 0 Å². The first-order valence-corrected chi connectivity index (χ1v) is 5.67. The molecule has 3 nitrogen and oxygen atoms in total. The predicted molar refractivity (Wildman–Crippen MR) is 64.2 cm³/mol. The van der Waals surface area contributed by atoms with E-state index in [1.165, 1.54) is 19.3 Å². The first kappa shape index (κ1) is 10.7. The Morgan fingerprint density at radius 1 is 1.12 bits per heavy atom. The summed E-state index contributed by atoms with van der Waals surface area (Å²) in [5, 5.41) is 15.2. The summed E-state index contributed by atoms with van der Waals surface area (Å²) < 4.78 is 0. The average Bonchev–Trinajstić information content (AvgIpc) is 2.38. The maximum absolute atomic E-state index is 8.67. The molecule has 0 aliphatic carbocycles. The average molecular weight is 213 g/mol. The molecule has 1 aliphatic heterocycles. The fourth-order valence-corrected chi connectivity index (χ4v) is 1.78. The molecule has 0 aromatic heterocycles. The summed E-state index contributed by atoms with van der Waals surface area (Å²) in [5.41, 5.74) is 1.74. The smallest absolute Gasteiger partial charge is 0.0991 e.